The molecule has 0 aromatic heterocycles. The molecule has 0 N–H and O–H groups in total. The number of amides is 1. The molecule has 5 heteroatoms. The first kappa shape index (κ1) is 13.6. The largest absolute Gasteiger partial charge is 0.361 e. The summed E-state index contributed by atoms with van der Waals surface area (Å²) in [7, 11) is 0. The van der Waals surface area contributed by atoms with Gasteiger partial charge in [0.25, 0.3) is 5.91 Å². The molecule has 1 aromatic rings. The smallest absolute Gasteiger partial charge is 0.271 e. The molecule has 1 amide bonds. The van der Waals surface area contributed by atoms with E-state index in [1.54, 1.807) is 0 Å². The van der Waals surface area contributed by atoms with Crippen molar-refractivity contribution in [3.05, 3.63) is 46.5 Å². The van der Waals surface area contributed by atoms with Crippen LogP contribution in [0, 0.1) is 0 Å². The fourth-order valence-electron chi connectivity index (χ4n) is 3.26. The standard InChI is InChI=1S/C16H18N2OS2/c19-16-14-15(13-11-20-8-7-18(13)16)21-9-6-17(14)10-12-4-2-1-3-5-12/h1-5,13H,6-11H2. The molecule has 110 valence electrons. The van der Waals surface area contributed by atoms with Crippen molar-refractivity contribution in [2.24, 2.45) is 0 Å². The van der Waals surface area contributed by atoms with Gasteiger partial charge in [-0.25, -0.2) is 0 Å². The SMILES string of the molecule is O=C1C2=C(SCCN2Cc2ccccc2)C2CSCCN12. The van der Waals surface area contributed by atoms with Gasteiger partial charge >= 0.3 is 0 Å². The molecule has 0 radical (unpaired) electrons. The number of thioether (sulfide) groups is 2. The van der Waals surface area contributed by atoms with Crippen molar-refractivity contribution in [3.8, 4) is 0 Å². The van der Waals surface area contributed by atoms with E-state index >= 15 is 0 Å². The maximum absolute atomic E-state index is 12.8. The number of nitrogens with zero attached hydrogens (tertiary/aromatic N) is 2. The summed E-state index contributed by atoms with van der Waals surface area (Å²) in [4.78, 5) is 18.5. The Balaban J connectivity index is 1.64. The van der Waals surface area contributed by atoms with E-state index in [1.165, 1.54) is 10.5 Å². The number of rotatable bonds is 2. The third-order valence-corrected chi connectivity index (χ3v) is 6.47. The lowest BCUT2D eigenvalue weighted by Crippen LogP contribution is -2.42. The molecule has 1 unspecified atom stereocenters. The molecule has 0 saturated carbocycles. The van der Waals surface area contributed by atoms with Crippen LogP contribution in [0.5, 0.6) is 0 Å². The average molecular weight is 318 g/mol. The highest BCUT2D eigenvalue weighted by molar-refractivity contribution is 8.03. The minimum atomic E-state index is 0.262. The summed E-state index contributed by atoms with van der Waals surface area (Å²) >= 11 is 3.87. The van der Waals surface area contributed by atoms with Gasteiger partial charge in [-0.1, -0.05) is 30.3 Å². The van der Waals surface area contributed by atoms with Crippen LogP contribution in [0.3, 0.4) is 0 Å². The van der Waals surface area contributed by atoms with Crippen molar-refractivity contribution >= 4 is 29.4 Å². The number of fused-ring (bicyclic) bond motifs is 2. The number of hydrogen-bond donors (Lipinski definition) is 0. The lowest BCUT2D eigenvalue weighted by molar-refractivity contribution is -0.128. The summed E-state index contributed by atoms with van der Waals surface area (Å²) in [6, 6.07) is 10.8. The molecule has 3 heterocycles. The van der Waals surface area contributed by atoms with E-state index in [9.17, 15) is 4.79 Å². The minimum absolute atomic E-state index is 0.262. The normalized spacial score (nSPS) is 25.1. The fourth-order valence-corrected chi connectivity index (χ4v) is 5.71. The van der Waals surface area contributed by atoms with Crippen LogP contribution in [-0.4, -0.2) is 52.1 Å². The molecule has 0 spiro atoms. The van der Waals surface area contributed by atoms with Gasteiger partial charge in [0.1, 0.15) is 5.70 Å². The molecule has 0 bridgehead atoms. The van der Waals surface area contributed by atoms with E-state index < -0.39 is 0 Å². The Morgan fingerprint density at radius 1 is 1.14 bits per heavy atom. The Morgan fingerprint density at radius 3 is 2.86 bits per heavy atom. The first-order valence-electron chi connectivity index (χ1n) is 7.39. The molecular weight excluding hydrogens is 300 g/mol. The predicted octanol–water partition coefficient (Wildman–Crippen LogP) is 2.40. The second-order valence-corrected chi connectivity index (χ2v) is 7.84. The molecule has 0 aliphatic carbocycles. The van der Waals surface area contributed by atoms with Crippen molar-refractivity contribution < 1.29 is 4.79 Å². The van der Waals surface area contributed by atoms with Gasteiger partial charge in [0, 0.05) is 41.8 Å². The van der Waals surface area contributed by atoms with E-state index in [4.69, 9.17) is 0 Å². The van der Waals surface area contributed by atoms with Crippen LogP contribution < -0.4 is 0 Å². The van der Waals surface area contributed by atoms with Crippen LogP contribution in [0.25, 0.3) is 0 Å². The van der Waals surface area contributed by atoms with E-state index in [1.807, 2.05) is 29.6 Å². The Hall–Kier alpha value is -1.07. The van der Waals surface area contributed by atoms with Crippen molar-refractivity contribution in [1.82, 2.24) is 9.80 Å². The highest BCUT2D eigenvalue weighted by Crippen LogP contribution is 2.42. The molecule has 3 nitrogen and oxygen atoms in total. The summed E-state index contributed by atoms with van der Waals surface area (Å²) < 4.78 is 0. The first-order valence-corrected chi connectivity index (χ1v) is 9.53. The molecular formula is C16H18N2OS2. The molecule has 1 saturated heterocycles. The summed E-state index contributed by atoms with van der Waals surface area (Å²) in [5, 5.41) is 0. The summed E-state index contributed by atoms with van der Waals surface area (Å²) in [6.07, 6.45) is 0. The summed E-state index contributed by atoms with van der Waals surface area (Å²) in [6.45, 7) is 2.72. The molecule has 21 heavy (non-hydrogen) atoms. The zero-order chi connectivity index (χ0) is 14.2. The van der Waals surface area contributed by atoms with Crippen molar-refractivity contribution in [3.63, 3.8) is 0 Å². The molecule has 3 aliphatic rings. The quantitative estimate of drug-likeness (QED) is 0.835. The topological polar surface area (TPSA) is 23.6 Å². The van der Waals surface area contributed by atoms with Crippen molar-refractivity contribution in [2.75, 3.05) is 30.3 Å². The lowest BCUT2D eigenvalue weighted by Gasteiger charge is -2.30. The second kappa shape index (κ2) is 5.61. The molecule has 1 aromatic carbocycles. The second-order valence-electron chi connectivity index (χ2n) is 5.56. The molecule has 3 aliphatic heterocycles. The van der Waals surface area contributed by atoms with Crippen LogP contribution in [0.15, 0.2) is 40.9 Å². The summed E-state index contributed by atoms with van der Waals surface area (Å²) in [5.74, 6) is 3.50. The Labute approximate surface area is 133 Å². The highest BCUT2D eigenvalue weighted by atomic mass is 32.2. The zero-order valence-corrected chi connectivity index (χ0v) is 13.5. The minimum Gasteiger partial charge on any atom is -0.361 e. The number of carbonyl (C=O) groups is 1. The Bertz CT molecular complexity index is 587. The molecule has 1 fully saturated rings. The Kier molecular flexibility index (Phi) is 3.63. The van der Waals surface area contributed by atoms with Gasteiger partial charge in [-0.3, -0.25) is 4.79 Å². The van der Waals surface area contributed by atoms with Gasteiger partial charge in [0.2, 0.25) is 0 Å². The van der Waals surface area contributed by atoms with Gasteiger partial charge in [-0.05, 0) is 5.56 Å². The predicted molar refractivity (Wildman–Crippen MR) is 89.2 cm³/mol. The third-order valence-electron chi connectivity index (χ3n) is 4.28. The van der Waals surface area contributed by atoms with Gasteiger partial charge in [0.05, 0.1) is 6.04 Å². The van der Waals surface area contributed by atoms with Crippen molar-refractivity contribution in [1.29, 1.82) is 0 Å². The van der Waals surface area contributed by atoms with Gasteiger partial charge < -0.3 is 9.80 Å². The van der Waals surface area contributed by atoms with Crippen LogP contribution in [0.2, 0.25) is 0 Å². The lowest BCUT2D eigenvalue weighted by atomic mass is 10.2. The van der Waals surface area contributed by atoms with Crippen LogP contribution in [0.1, 0.15) is 5.56 Å². The third kappa shape index (κ3) is 2.36. The van der Waals surface area contributed by atoms with E-state index in [-0.39, 0.29) is 5.91 Å². The summed E-state index contributed by atoms with van der Waals surface area (Å²) in [5.41, 5.74) is 2.27. The monoisotopic (exact) mass is 318 g/mol. The van der Waals surface area contributed by atoms with Crippen LogP contribution >= 0.6 is 23.5 Å². The average Bonchev–Trinajstić information content (AvgIpc) is 2.83. The van der Waals surface area contributed by atoms with Crippen molar-refractivity contribution in [2.45, 2.75) is 12.6 Å². The fraction of sp³-hybridized carbons (Fsp3) is 0.438. The van der Waals surface area contributed by atoms with Gasteiger partial charge in [-0.2, -0.15) is 11.8 Å². The van der Waals surface area contributed by atoms with Crippen LogP contribution in [-0.2, 0) is 11.3 Å². The van der Waals surface area contributed by atoms with Crippen LogP contribution in [0.4, 0.5) is 0 Å². The highest BCUT2D eigenvalue weighted by Gasteiger charge is 2.44. The maximum Gasteiger partial charge on any atom is 0.271 e. The Morgan fingerprint density at radius 2 is 2.00 bits per heavy atom. The number of carbonyl (C=O) groups excluding carboxylic acids is 1. The van der Waals surface area contributed by atoms with E-state index in [2.05, 4.69) is 34.1 Å². The molecule has 4 rings (SSSR count). The van der Waals surface area contributed by atoms with E-state index in [0.717, 1.165) is 42.6 Å². The first-order chi connectivity index (χ1) is 10.3. The van der Waals surface area contributed by atoms with E-state index in [0.29, 0.717) is 6.04 Å². The van der Waals surface area contributed by atoms with Gasteiger partial charge in [-0.15, -0.1) is 11.8 Å². The molecule has 1 atom stereocenters. The number of hydrogen-bond acceptors (Lipinski definition) is 4. The number of benzene rings is 1. The zero-order valence-electron chi connectivity index (χ0n) is 11.8. The maximum atomic E-state index is 12.8. The van der Waals surface area contributed by atoms with Gasteiger partial charge in [0.15, 0.2) is 0 Å².